The summed E-state index contributed by atoms with van der Waals surface area (Å²) in [5, 5.41) is 2.00. The van der Waals surface area contributed by atoms with Gasteiger partial charge in [-0.05, 0) is 76.2 Å². The van der Waals surface area contributed by atoms with Crippen LogP contribution in [0.25, 0.3) is 21.9 Å². The van der Waals surface area contributed by atoms with Gasteiger partial charge in [0, 0.05) is 0 Å². The third-order valence-corrected chi connectivity index (χ3v) is 4.19. The van der Waals surface area contributed by atoms with Gasteiger partial charge in [0.05, 0.1) is 0 Å². The molecular weight excluding hydrogens is 278 g/mol. The Morgan fingerprint density at radius 2 is 1.36 bits per heavy atom. The van der Waals surface area contributed by atoms with E-state index in [9.17, 15) is 8.78 Å². The summed E-state index contributed by atoms with van der Waals surface area (Å²) in [7, 11) is 0. The SMILES string of the molecule is CCc1c(-c2ccc(F)cc2)cc2ccc(F)cc2c1CC. The number of aryl methyl sites for hydroxylation is 1. The van der Waals surface area contributed by atoms with Gasteiger partial charge < -0.3 is 0 Å². The second-order valence-corrected chi connectivity index (χ2v) is 5.46. The van der Waals surface area contributed by atoms with Crippen molar-refractivity contribution in [2.45, 2.75) is 26.7 Å². The Kier molecular flexibility index (Phi) is 3.93. The molecule has 0 nitrogen and oxygen atoms in total. The van der Waals surface area contributed by atoms with Crippen molar-refractivity contribution in [3.63, 3.8) is 0 Å². The van der Waals surface area contributed by atoms with E-state index in [-0.39, 0.29) is 11.6 Å². The van der Waals surface area contributed by atoms with Gasteiger partial charge in [0.25, 0.3) is 0 Å². The highest BCUT2D eigenvalue weighted by Gasteiger charge is 2.13. The normalized spacial score (nSPS) is 11.1. The number of fused-ring (bicyclic) bond motifs is 1. The van der Waals surface area contributed by atoms with Crippen LogP contribution in [0.5, 0.6) is 0 Å². The van der Waals surface area contributed by atoms with Crippen LogP contribution in [-0.4, -0.2) is 0 Å². The standard InChI is InChI=1S/C20H18F2/c1-3-17-18(4-2)20-12-16(22)10-7-14(20)11-19(17)13-5-8-15(21)9-6-13/h5-12H,3-4H2,1-2H3. The molecule has 3 rings (SSSR count). The molecule has 0 aliphatic rings. The number of benzene rings is 3. The Bertz CT molecular complexity index is 817. The van der Waals surface area contributed by atoms with E-state index >= 15 is 0 Å². The molecule has 22 heavy (non-hydrogen) atoms. The third-order valence-electron chi connectivity index (χ3n) is 4.19. The van der Waals surface area contributed by atoms with Crippen LogP contribution in [0.15, 0.2) is 48.5 Å². The largest absolute Gasteiger partial charge is 0.207 e. The molecule has 0 N–H and O–H groups in total. The zero-order valence-corrected chi connectivity index (χ0v) is 12.8. The highest BCUT2D eigenvalue weighted by Crippen LogP contribution is 2.34. The van der Waals surface area contributed by atoms with Crippen LogP contribution in [0.1, 0.15) is 25.0 Å². The van der Waals surface area contributed by atoms with Crippen molar-refractivity contribution in [3.05, 3.63) is 71.3 Å². The fourth-order valence-corrected chi connectivity index (χ4v) is 3.18. The molecule has 0 amide bonds. The molecule has 112 valence electrons. The minimum Gasteiger partial charge on any atom is -0.207 e. The van der Waals surface area contributed by atoms with Crippen molar-refractivity contribution in [3.8, 4) is 11.1 Å². The van der Waals surface area contributed by atoms with Gasteiger partial charge in [-0.15, -0.1) is 0 Å². The van der Waals surface area contributed by atoms with Crippen LogP contribution < -0.4 is 0 Å². The summed E-state index contributed by atoms with van der Waals surface area (Å²) >= 11 is 0. The van der Waals surface area contributed by atoms with Gasteiger partial charge in [0.15, 0.2) is 0 Å². The molecule has 0 aliphatic carbocycles. The summed E-state index contributed by atoms with van der Waals surface area (Å²) in [6, 6.07) is 13.6. The average Bonchev–Trinajstić information content (AvgIpc) is 2.53. The number of hydrogen-bond donors (Lipinski definition) is 0. The van der Waals surface area contributed by atoms with E-state index < -0.39 is 0 Å². The van der Waals surface area contributed by atoms with Crippen molar-refractivity contribution in [1.82, 2.24) is 0 Å². The molecule has 0 heterocycles. The highest BCUT2D eigenvalue weighted by atomic mass is 19.1. The summed E-state index contributed by atoms with van der Waals surface area (Å²) in [5.41, 5.74) is 4.50. The van der Waals surface area contributed by atoms with E-state index in [2.05, 4.69) is 19.9 Å². The molecule has 0 fully saturated rings. The molecule has 2 heteroatoms. The predicted octanol–water partition coefficient (Wildman–Crippen LogP) is 5.91. The smallest absolute Gasteiger partial charge is 0.123 e. The lowest BCUT2D eigenvalue weighted by Crippen LogP contribution is -1.98. The molecule has 0 radical (unpaired) electrons. The first-order valence-electron chi connectivity index (χ1n) is 7.64. The van der Waals surface area contributed by atoms with Gasteiger partial charge in [-0.2, -0.15) is 0 Å². The summed E-state index contributed by atoms with van der Waals surface area (Å²) in [6.07, 6.45) is 1.71. The molecule has 0 saturated carbocycles. The molecule has 3 aromatic rings. The molecule has 0 unspecified atom stereocenters. The Morgan fingerprint density at radius 1 is 0.727 bits per heavy atom. The molecule has 0 aliphatic heterocycles. The van der Waals surface area contributed by atoms with Crippen LogP contribution in [0, 0.1) is 11.6 Å². The second kappa shape index (κ2) is 5.88. The minimum atomic E-state index is -0.236. The van der Waals surface area contributed by atoms with E-state index in [0.29, 0.717) is 0 Å². The molecule has 0 saturated heterocycles. The van der Waals surface area contributed by atoms with Crippen LogP contribution in [0.4, 0.5) is 8.78 Å². The Hall–Kier alpha value is -2.22. The van der Waals surface area contributed by atoms with E-state index in [4.69, 9.17) is 0 Å². The highest BCUT2D eigenvalue weighted by molar-refractivity contribution is 5.92. The van der Waals surface area contributed by atoms with Gasteiger partial charge in [-0.1, -0.05) is 32.0 Å². The van der Waals surface area contributed by atoms with Crippen LogP contribution in [0.3, 0.4) is 0 Å². The summed E-state index contributed by atoms with van der Waals surface area (Å²) in [6.45, 7) is 4.19. The lowest BCUT2D eigenvalue weighted by atomic mass is 9.88. The van der Waals surface area contributed by atoms with Crippen LogP contribution >= 0.6 is 0 Å². The van der Waals surface area contributed by atoms with E-state index in [1.54, 1.807) is 18.2 Å². The first kappa shape index (κ1) is 14.7. The Labute approximate surface area is 129 Å². The van der Waals surface area contributed by atoms with Gasteiger partial charge in [0.2, 0.25) is 0 Å². The Morgan fingerprint density at radius 3 is 2.00 bits per heavy atom. The third kappa shape index (κ3) is 2.50. The lowest BCUT2D eigenvalue weighted by Gasteiger charge is -2.17. The van der Waals surface area contributed by atoms with E-state index in [1.807, 2.05) is 6.07 Å². The molecule has 0 spiro atoms. The Balaban J connectivity index is 2.34. The lowest BCUT2D eigenvalue weighted by molar-refractivity contribution is 0.628. The molecule has 0 aromatic heterocycles. The quantitative estimate of drug-likeness (QED) is 0.563. The second-order valence-electron chi connectivity index (χ2n) is 5.46. The van der Waals surface area contributed by atoms with Gasteiger partial charge in [-0.25, -0.2) is 8.78 Å². The van der Waals surface area contributed by atoms with Crippen LogP contribution in [0.2, 0.25) is 0 Å². The minimum absolute atomic E-state index is 0.209. The maximum Gasteiger partial charge on any atom is 0.123 e. The first-order chi connectivity index (χ1) is 10.6. The average molecular weight is 296 g/mol. The summed E-state index contributed by atoms with van der Waals surface area (Å²) < 4.78 is 26.8. The maximum atomic E-state index is 13.6. The van der Waals surface area contributed by atoms with Crippen molar-refractivity contribution in [1.29, 1.82) is 0 Å². The number of rotatable bonds is 3. The zero-order chi connectivity index (χ0) is 15.7. The van der Waals surface area contributed by atoms with Crippen molar-refractivity contribution in [2.75, 3.05) is 0 Å². The molecule has 3 aromatic carbocycles. The summed E-state index contributed by atoms with van der Waals surface area (Å²) in [5.74, 6) is -0.445. The van der Waals surface area contributed by atoms with E-state index in [1.165, 1.54) is 29.3 Å². The maximum absolute atomic E-state index is 13.6. The number of halogens is 2. The van der Waals surface area contributed by atoms with E-state index in [0.717, 1.165) is 34.7 Å². The topological polar surface area (TPSA) is 0 Å². The molecule has 0 bridgehead atoms. The van der Waals surface area contributed by atoms with Gasteiger partial charge in [0.1, 0.15) is 11.6 Å². The zero-order valence-electron chi connectivity index (χ0n) is 12.8. The van der Waals surface area contributed by atoms with Crippen molar-refractivity contribution < 1.29 is 8.78 Å². The molecule has 0 atom stereocenters. The van der Waals surface area contributed by atoms with Crippen molar-refractivity contribution >= 4 is 10.8 Å². The molecular formula is C20H18F2. The van der Waals surface area contributed by atoms with Gasteiger partial charge >= 0.3 is 0 Å². The van der Waals surface area contributed by atoms with Gasteiger partial charge in [-0.3, -0.25) is 0 Å². The fourth-order valence-electron chi connectivity index (χ4n) is 3.18. The summed E-state index contributed by atoms with van der Waals surface area (Å²) in [4.78, 5) is 0. The predicted molar refractivity (Wildman–Crippen MR) is 88.1 cm³/mol. The number of hydrogen-bond acceptors (Lipinski definition) is 0. The van der Waals surface area contributed by atoms with Crippen molar-refractivity contribution in [2.24, 2.45) is 0 Å². The van der Waals surface area contributed by atoms with Crippen LogP contribution in [-0.2, 0) is 12.8 Å². The fraction of sp³-hybridized carbons (Fsp3) is 0.200. The monoisotopic (exact) mass is 296 g/mol. The first-order valence-corrected chi connectivity index (χ1v) is 7.64.